The molecule has 0 radical (unpaired) electrons. The fraction of sp³-hybridized carbons (Fsp3) is 1.00. The number of aliphatic hydroxyl groups is 17. The number of rotatable bonds is 17. The summed E-state index contributed by atoms with van der Waals surface area (Å²) in [7, 11) is 0. The Bertz CT molecular complexity index is 1270. The molecule has 56 heavy (non-hydrogen) atoms. The van der Waals surface area contributed by atoms with E-state index in [2.05, 4.69) is 0 Å². The van der Waals surface area contributed by atoms with Crippen LogP contribution in [0.4, 0.5) is 0 Å². The third-order valence-corrected chi connectivity index (χ3v) is 10.7. The van der Waals surface area contributed by atoms with E-state index in [0.29, 0.717) is 0 Å². The second-order valence-corrected chi connectivity index (χ2v) is 14.2. The van der Waals surface area contributed by atoms with E-state index in [1.54, 1.807) is 0 Å². The van der Waals surface area contributed by atoms with Gasteiger partial charge in [-0.05, 0) is 0 Å². The van der Waals surface area contributed by atoms with E-state index in [1.807, 2.05) is 0 Å². The molecule has 17 N–H and O–H groups in total. The predicted molar refractivity (Wildman–Crippen MR) is 167 cm³/mol. The average molecular weight is 829 g/mol. The van der Waals surface area contributed by atoms with Gasteiger partial charge in [-0.15, -0.1) is 0 Å². The molecule has 26 nitrogen and oxygen atoms in total. The molecule has 5 aliphatic rings. The molecule has 0 bridgehead atoms. The minimum Gasteiger partial charge on any atom is -0.394 e. The van der Waals surface area contributed by atoms with Crippen LogP contribution in [-0.2, 0) is 42.6 Å². The van der Waals surface area contributed by atoms with Gasteiger partial charge in [0, 0.05) is 0 Å². The highest BCUT2D eigenvalue weighted by Gasteiger charge is 2.65. The first-order chi connectivity index (χ1) is 26.4. The Balaban J connectivity index is 1.47. The van der Waals surface area contributed by atoms with E-state index >= 15 is 0 Å². The summed E-state index contributed by atoms with van der Waals surface area (Å²) in [6.45, 7) is -9.51. The molecule has 0 spiro atoms. The summed E-state index contributed by atoms with van der Waals surface area (Å²) >= 11 is 0. The van der Waals surface area contributed by atoms with Crippen molar-refractivity contribution in [3.63, 3.8) is 0 Å². The van der Waals surface area contributed by atoms with Crippen LogP contribution in [-0.4, -0.2) is 273 Å². The van der Waals surface area contributed by atoms with Crippen molar-refractivity contribution in [1.29, 1.82) is 0 Å². The molecule has 5 fully saturated rings. The van der Waals surface area contributed by atoms with Crippen molar-refractivity contribution in [3.8, 4) is 0 Å². The Morgan fingerprint density at radius 3 is 1.05 bits per heavy atom. The van der Waals surface area contributed by atoms with Crippen molar-refractivity contribution in [1.82, 2.24) is 0 Å². The van der Waals surface area contributed by atoms with E-state index in [4.69, 9.17) is 42.6 Å². The zero-order valence-electron chi connectivity index (χ0n) is 29.5. The molecule has 5 rings (SSSR count). The molecule has 5 saturated heterocycles. The number of aliphatic hydroxyl groups excluding tert-OH is 17. The Morgan fingerprint density at radius 1 is 0.357 bits per heavy atom. The molecule has 0 saturated carbocycles. The molecule has 0 aromatic rings. The maximum absolute atomic E-state index is 11.3. The van der Waals surface area contributed by atoms with Gasteiger partial charge in [0.25, 0.3) is 0 Å². The first-order valence-corrected chi connectivity index (χ1v) is 17.5. The highest BCUT2D eigenvalue weighted by molar-refractivity contribution is 5.04. The van der Waals surface area contributed by atoms with Crippen molar-refractivity contribution in [2.75, 3.05) is 59.5 Å². The van der Waals surface area contributed by atoms with Crippen molar-refractivity contribution in [2.45, 2.75) is 127 Å². The van der Waals surface area contributed by atoms with Crippen molar-refractivity contribution >= 4 is 0 Å². The third kappa shape index (κ3) is 7.97. The Hall–Kier alpha value is -1.04. The Labute approximate surface area is 316 Å². The molecule has 0 amide bonds. The molecule has 26 heteroatoms. The van der Waals surface area contributed by atoms with E-state index in [-0.39, 0.29) is 0 Å². The monoisotopic (exact) mass is 828 g/mol. The summed E-state index contributed by atoms with van der Waals surface area (Å²) in [5, 5.41) is 177. The summed E-state index contributed by atoms with van der Waals surface area (Å²) < 4.78 is 50.6. The summed E-state index contributed by atoms with van der Waals surface area (Å²) in [5.41, 5.74) is 0. The van der Waals surface area contributed by atoms with E-state index < -0.39 is 187 Å². The third-order valence-electron chi connectivity index (χ3n) is 10.7. The van der Waals surface area contributed by atoms with Gasteiger partial charge >= 0.3 is 0 Å². The number of hydrogen-bond acceptors (Lipinski definition) is 26. The van der Waals surface area contributed by atoms with Gasteiger partial charge in [0.05, 0.1) is 33.0 Å². The Kier molecular flexibility index (Phi) is 14.7. The highest BCUT2D eigenvalue weighted by Crippen LogP contribution is 2.43. The van der Waals surface area contributed by atoms with Gasteiger partial charge in [0.15, 0.2) is 6.29 Å². The molecule has 5 aliphatic heterocycles. The summed E-state index contributed by atoms with van der Waals surface area (Å²) in [5.74, 6) is -10.8. The molecular formula is C30H52O26. The van der Waals surface area contributed by atoms with Crippen LogP contribution in [0.15, 0.2) is 0 Å². The van der Waals surface area contributed by atoms with Crippen LogP contribution >= 0.6 is 0 Å². The molecule has 0 aromatic heterocycles. The van der Waals surface area contributed by atoms with Gasteiger partial charge in [-0.3, -0.25) is 0 Å². The van der Waals surface area contributed by atoms with Crippen molar-refractivity contribution in [2.24, 2.45) is 0 Å². The van der Waals surface area contributed by atoms with E-state index in [0.717, 1.165) is 0 Å². The minimum atomic E-state index is -2.79. The smallest absolute Gasteiger partial charge is 0.224 e. The van der Waals surface area contributed by atoms with Crippen LogP contribution in [0, 0.1) is 0 Å². The van der Waals surface area contributed by atoms with E-state index in [1.165, 1.54) is 0 Å². The second kappa shape index (κ2) is 17.9. The number of ether oxygens (including phenoxy) is 9. The predicted octanol–water partition coefficient (Wildman–Crippen LogP) is -11.9. The lowest BCUT2D eigenvalue weighted by Gasteiger charge is -2.45. The molecule has 0 unspecified atom stereocenters. The maximum atomic E-state index is 11.3. The standard InChI is InChI=1S/C30H52O26/c31-1-10-15(37)20(42)21(43)26(51-10)56-30(25(47)19(41)14(5-35)55-30)9-50-29(24(46)18(40)13(4-34)54-29)8-49-28(23(45)17(39)12(3-33)53-28)7-48-27(6-36)22(44)16(38)11(2-32)52-27/h10-26,31-47H,1-9H2/t10-,11-,12-,13-,14-,15-,16-,17-,18-,19-,20+,21-,22+,23+,24+,25+,26-,27-,28-,29-,30+/m1/s1. The molecule has 0 aliphatic carbocycles. The molecule has 5 heterocycles. The quantitative estimate of drug-likeness (QED) is 0.0647. The highest BCUT2D eigenvalue weighted by atomic mass is 16.8. The fourth-order valence-electron chi connectivity index (χ4n) is 7.15. The van der Waals surface area contributed by atoms with Crippen LogP contribution in [0.3, 0.4) is 0 Å². The van der Waals surface area contributed by atoms with Gasteiger partial charge in [-0.1, -0.05) is 0 Å². The lowest BCUT2D eigenvalue weighted by Crippen LogP contribution is -2.63. The SMILES string of the molecule is OC[C@H]1O[C@@](CO)(OC[C@@]2(OC[C@@]3(OC[C@@]4(O[C@H]5O[C@H](CO)[C@@H](O)[C@H](O)[C@H]5O)O[C@H](CO)[C@@H](O)[C@@H]4O)O[C@H](CO)[C@@H](O)[C@@H]3O)O[C@H](CO)[C@@H](O)[C@@H]2O)[C@@H](O)[C@@H]1O. The van der Waals surface area contributed by atoms with Crippen LogP contribution in [0.25, 0.3) is 0 Å². The molecule has 328 valence electrons. The lowest BCUT2D eigenvalue weighted by molar-refractivity contribution is -0.406. The van der Waals surface area contributed by atoms with Crippen molar-refractivity contribution < 1.29 is 129 Å². The van der Waals surface area contributed by atoms with Gasteiger partial charge < -0.3 is 129 Å². The van der Waals surface area contributed by atoms with Crippen LogP contribution in [0.5, 0.6) is 0 Å². The fourth-order valence-corrected chi connectivity index (χ4v) is 7.15. The molecule has 21 atom stereocenters. The largest absolute Gasteiger partial charge is 0.394 e. The summed E-state index contributed by atoms with van der Waals surface area (Å²) in [6, 6.07) is 0. The minimum absolute atomic E-state index is 0.852. The maximum Gasteiger partial charge on any atom is 0.224 e. The topological polar surface area (TPSA) is 427 Å². The normalized spacial score (nSPS) is 52.3. The molecule has 0 aromatic carbocycles. The zero-order chi connectivity index (χ0) is 41.5. The van der Waals surface area contributed by atoms with Crippen LogP contribution in [0.1, 0.15) is 0 Å². The van der Waals surface area contributed by atoms with Gasteiger partial charge in [-0.2, -0.15) is 0 Å². The number of hydrogen-bond donors (Lipinski definition) is 17. The van der Waals surface area contributed by atoms with Crippen molar-refractivity contribution in [3.05, 3.63) is 0 Å². The van der Waals surface area contributed by atoms with Crippen LogP contribution in [0.2, 0.25) is 0 Å². The van der Waals surface area contributed by atoms with E-state index in [9.17, 15) is 86.8 Å². The van der Waals surface area contributed by atoms with Gasteiger partial charge in [0.2, 0.25) is 23.1 Å². The Morgan fingerprint density at radius 2 is 0.679 bits per heavy atom. The van der Waals surface area contributed by atoms with Gasteiger partial charge in [-0.25, -0.2) is 0 Å². The van der Waals surface area contributed by atoms with Gasteiger partial charge in [0.1, 0.15) is 124 Å². The zero-order valence-corrected chi connectivity index (χ0v) is 29.5. The molecular weight excluding hydrogens is 776 g/mol. The summed E-state index contributed by atoms with van der Waals surface area (Å²) in [4.78, 5) is 0. The average Bonchev–Trinajstić information content (AvgIpc) is 3.80. The first-order valence-electron chi connectivity index (χ1n) is 17.5. The second-order valence-electron chi connectivity index (χ2n) is 14.2. The lowest BCUT2D eigenvalue weighted by atomic mass is 9.99. The van der Waals surface area contributed by atoms with Crippen LogP contribution < -0.4 is 0 Å². The summed E-state index contributed by atoms with van der Waals surface area (Å²) in [6.07, 6.45) is -32.5. The first kappa shape index (κ1) is 46.0.